The number of ether oxygens (including phenoxy) is 2. The highest BCUT2D eigenvalue weighted by molar-refractivity contribution is 5.69. The van der Waals surface area contributed by atoms with Crippen LogP contribution in [0.15, 0.2) is 12.2 Å². The summed E-state index contributed by atoms with van der Waals surface area (Å²) in [4.78, 5) is 11.6. The third kappa shape index (κ3) is 3.46. The molecule has 3 fully saturated rings. The zero-order valence-corrected chi connectivity index (χ0v) is 18.4. The van der Waals surface area contributed by atoms with Gasteiger partial charge in [-0.1, -0.05) is 39.3 Å². The molecule has 4 aliphatic rings. The Morgan fingerprint density at radius 1 is 1.18 bits per heavy atom. The second-order valence-corrected chi connectivity index (χ2v) is 10.7. The first kappa shape index (κ1) is 20.4. The topological polar surface area (TPSA) is 35.5 Å². The Morgan fingerprint density at radius 3 is 2.75 bits per heavy atom. The number of rotatable bonds is 4. The second kappa shape index (κ2) is 7.78. The van der Waals surface area contributed by atoms with Gasteiger partial charge < -0.3 is 9.47 Å². The van der Waals surface area contributed by atoms with Crippen LogP contribution in [0.4, 0.5) is 0 Å². The van der Waals surface area contributed by atoms with Crippen LogP contribution in [-0.4, -0.2) is 24.8 Å². The molecule has 2 saturated heterocycles. The lowest BCUT2D eigenvalue weighted by molar-refractivity contribution is -0.170. The van der Waals surface area contributed by atoms with Crippen molar-refractivity contribution in [2.24, 2.45) is 35.0 Å². The highest BCUT2D eigenvalue weighted by Crippen LogP contribution is 2.62. The van der Waals surface area contributed by atoms with Gasteiger partial charge in [0.1, 0.15) is 0 Å². The summed E-state index contributed by atoms with van der Waals surface area (Å²) in [6.45, 7) is 7.29. The molecule has 2 aliphatic carbocycles. The lowest BCUT2D eigenvalue weighted by Gasteiger charge is -2.55. The Kier molecular flexibility index (Phi) is 5.68. The fourth-order valence-corrected chi connectivity index (χ4v) is 7.54. The van der Waals surface area contributed by atoms with Gasteiger partial charge in [-0.15, -0.1) is 0 Å². The number of allylic oxidation sites excluding steroid dienone is 1. The molecule has 8 atom stereocenters. The quantitative estimate of drug-likeness (QED) is 0.443. The highest BCUT2D eigenvalue weighted by atomic mass is 16.5. The Labute approximate surface area is 171 Å². The van der Waals surface area contributed by atoms with Crippen molar-refractivity contribution in [1.29, 1.82) is 0 Å². The Balaban J connectivity index is 1.57. The fourth-order valence-electron chi connectivity index (χ4n) is 7.54. The predicted octanol–water partition coefficient (Wildman–Crippen LogP) is 5.92. The summed E-state index contributed by atoms with van der Waals surface area (Å²) in [5.74, 6) is 3.34. The van der Waals surface area contributed by atoms with Crippen LogP contribution in [0.5, 0.6) is 0 Å². The van der Waals surface area contributed by atoms with E-state index in [4.69, 9.17) is 9.47 Å². The highest BCUT2D eigenvalue weighted by Gasteiger charge is 2.58. The first-order valence-electron chi connectivity index (χ1n) is 11.8. The summed E-state index contributed by atoms with van der Waals surface area (Å²) in [6, 6.07) is 0. The predicted molar refractivity (Wildman–Crippen MR) is 112 cm³/mol. The van der Waals surface area contributed by atoms with Gasteiger partial charge in [0.15, 0.2) is 0 Å². The van der Waals surface area contributed by atoms with E-state index < -0.39 is 0 Å². The van der Waals surface area contributed by atoms with Gasteiger partial charge in [0, 0.05) is 6.42 Å². The number of carbonyl (C=O) groups excluding carboxylic acids is 1. The Morgan fingerprint density at radius 2 is 1.96 bits per heavy atom. The lowest BCUT2D eigenvalue weighted by atomic mass is 9.56. The molecule has 4 rings (SSSR count). The average Bonchev–Trinajstić information content (AvgIpc) is 3.02. The molecule has 0 unspecified atom stereocenters. The molecule has 1 saturated carbocycles. The monoisotopic (exact) mass is 388 g/mol. The van der Waals surface area contributed by atoms with Crippen LogP contribution in [0, 0.1) is 35.0 Å². The number of methoxy groups -OCH3 is 1. The van der Waals surface area contributed by atoms with Crippen molar-refractivity contribution in [1.82, 2.24) is 0 Å². The number of hydrogen-bond donors (Lipinski definition) is 0. The molecule has 1 spiro atoms. The van der Waals surface area contributed by atoms with Crippen molar-refractivity contribution in [3.63, 3.8) is 0 Å². The molecule has 0 N–H and O–H groups in total. The molecule has 28 heavy (non-hydrogen) atoms. The molecular formula is C25H40O3. The minimum atomic E-state index is -0.0691. The van der Waals surface area contributed by atoms with Crippen LogP contribution in [0.1, 0.15) is 85.0 Å². The van der Waals surface area contributed by atoms with Crippen molar-refractivity contribution < 1.29 is 14.3 Å². The van der Waals surface area contributed by atoms with E-state index in [-0.39, 0.29) is 17.0 Å². The summed E-state index contributed by atoms with van der Waals surface area (Å²) in [6.07, 6.45) is 17.4. The Hall–Kier alpha value is -0.830. The summed E-state index contributed by atoms with van der Waals surface area (Å²) < 4.78 is 11.8. The van der Waals surface area contributed by atoms with Gasteiger partial charge in [-0.3, -0.25) is 4.79 Å². The molecule has 2 bridgehead atoms. The Bertz CT molecular complexity index is 613. The van der Waals surface area contributed by atoms with E-state index in [1.54, 1.807) is 0 Å². The van der Waals surface area contributed by atoms with Crippen molar-refractivity contribution in [2.45, 2.75) is 96.7 Å². The second-order valence-electron chi connectivity index (χ2n) is 10.7. The summed E-state index contributed by atoms with van der Waals surface area (Å²) in [5.41, 5.74) is 0.265. The van der Waals surface area contributed by atoms with Crippen LogP contribution in [0.3, 0.4) is 0 Å². The third-order valence-electron chi connectivity index (χ3n) is 9.06. The van der Waals surface area contributed by atoms with Gasteiger partial charge in [0.2, 0.25) is 0 Å². The number of hydrogen-bond acceptors (Lipinski definition) is 3. The molecule has 0 amide bonds. The molecule has 2 heterocycles. The van der Waals surface area contributed by atoms with Crippen molar-refractivity contribution in [3.8, 4) is 0 Å². The van der Waals surface area contributed by atoms with E-state index in [0.717, 1.165) is 18.3 Å². The lowest BCUT2D eigenvalue weighted by Crippen LogP contribution is -2.54. The van der Waals surface area contributed by atoms with Gasteiger partial charge >= 0.3 is 5.97 Å². The standard InChI is InChI=1S/C25H40O3/c1-17-7-9-22-21-11-10-20(18(2)8-12-23(26)27-4)24(21,3)14-15-25(22)13-5-6-19(16-17)28-25/h14-15,17-22H,5-13,16H2,1-4H3/t17-,18+,19+,20-,21+,22-,24+,25+/m0/s1. The summed E-state index contributed by atoms with van der Waals surface area (Å²) >= 11 is 0. The van der Waals surface area contributed by atoms with Gasteiger partial charge in [-0.2, -0.15) is 0 Å². The normalized spacial score (nSPS) is 46.1. The maximum Gasteiger partial charge on any atom is 0.305 e. The minimum Gasteiger partial charge on any atom is -0.469 e. The number of fused-ring (bicyclic) bond motifs is 3. The number of carbonyl (C=O) groups is 1. The first-order valence-corrected chi connectivity index (χ1v) is 11.8. The van der Waals surface area contributed by atoms with Crippen molar-refractivity contribution >= 4 is 5.97 Å². The zero-order valence-electron chi connectivity index (χ0n) is 18.4. The summed E-state index contributed by atoms with van der Waals surface area (Å²) in [7, 11) is 1.50. The summed E-state index contributed by atoms with van der Waals surface area (Å²) in [5, 5.41) is 0. The van der Waals surface area contributed by atoms with Crippen molar-refractivity contribution in [2.75, 3.05) is 7.11 Å². The van der Waals surface area contributed by atoms with Crippen LogP contribution in [0.25, 0.3) is 0 Å². The molecule has 0 radical (unpaired) electrons. The van der Waals surface area contributed by atoms with Gasteiger partial charge in [-0.25, -0.2) is 0 Å². The van der Waals surface area contributed by atoms with Crippen molar-refractivity contribution in [3.05, 3.63) is 12.2 Å². The minimum absolute atomic E-state index is 0.0113. The van der Waals surface area contributed by atoms with Crippen LogP contribution in [0.2, 0.25) is 0 Å². The van der Waals surface area contributed by atoms with Gasteiger partial charge in [-0.05, 0) is 86.4 Å². The maximum absolute atomic E-state index is 11.6. The molecule has 3 heteroatoms. The SMILES string of the molecule is COC(=O)CC[C@@H](C)[C@@H]1CC[C@@H]2[C@@H]3CC[C@H](C)C[C@H]4CCC[C@]3(C=C[C@@]21C)O4. The number of esters is 1. The zero-order chi connectivity index (χ0) is 19.9. The smallest absolute Gasteiger partial charge is 0.305 e. The molecule has 0 aromatic rings. The molecule has 3 nitrogen and oxygen atoms in total. The van der Waals surface area contributed by atoms with E-state index >= 15 is 0 Å². The van der Waals surface area contributed by atoms with E-state index in [9.17, 15) is 4.79 Å². The van der Waals surface area contributed by atoms with E-state index in [1.807, 2.05) is 0 Å². The molecule has 158 valence electrons. The van der Waals surface area contributed by atoms with Crippen LogP contribution < -0.4 is 0 Å². The van der Waals surface area contributed by atoms with Gasteiger partial charge in [0.25, 0.3) is 0 Å². The van der Waals surface area contributed by atoms with E-state index in [1.165, 1.54) is 58.5 Å². The largest absolute Gasteiger partial charge is 0.469 e. The van der Waals surface area contributed by atoms with E-state index in [0.29, 0.717) is 30.3 Å². The maximum atomic E-state index is 11.6. The third-order valence-corrected chi connectivity index (χ3v) is 9.06. The average molecular weight is 389 g/mol. The molecule has 0 aromatic heterocycles. The van der Waals surface area contributed by atoms with Gasteiger partial charge in [0.05, 0.1) is 18.8 Å². The van der Waals surface area contributed by atoms with E-state index in [2.05, 4.69) is 32.9 Å². The fraction of sp³-hybridized carbons (Fsp3) is 0.880. The molecule has 2 aliphatic heterocycles. The van der Waals surface area contributed by atoms with Crippen LogP contribution in [-0.2, 0) is 14.3 Å². The molecular weight excluding hydrogens is 348 g/mol. The van der Waals surface area contributed by atoms with Crippen LogP contribution >= 0.6 is 0 Å². The first-order chi connectivity index (χ1) is 13.4. The molecule has 0 aromatic carbocycles.